The third kappa shape index (κ3) is 2.94. The maximum atomic E-state index is 11.2. The summed E-state index contributed by atoms with van der Waals surface area (Å²) in [4.78, 5) is 27.3. The van der Waals surface area contributed by atoms with Crippen molar-refractivity contribution in [2.24, 2.45) is 0 Å². The van der Waals surface area contributed by atoms with Crippen molar-refractivity contribution in [2.75, 3.05) is 26.2 Å². The van der Waals surface area contributed by atoms with Gasteiger partial charge in [-0.25, -0.2) is 9.55 Å². The van der Waals surface area contributed by atoms with Crippen LogP contribution < -0.4 is 5.32 Å². The number of nitro groups is 1. The molecule has 0 spiro atoms. The first-order valence-electron chi connectivity index (χ1n) is 6.35. The molecule has 9 heteroatoms. The SMILES string of the molecule is Cc1ncc([N+](=O)[O-])n1CCN1CCNCC1C(=O)O. The van der Waals surface area contributed by atoms with E-state index >= 15 is 0 Å². The Balaban J connectivity index is 2.06. The minimum atomic E-state index is -0.881. The van der Waals surface area contributed by atoms with Crippen LogP contribution in [-0.4, -0.2) is 62.7 Å². The number of carboxylic acid groups (broad SMARTS) is 1. The molecule has 1 unspecified atom stereocenters. The summed E-state index contributed by atoms with van der Waals surface area (Å²) in [5, 5.41) is 23.1. The van der Waals surface area contributed by atoms with E-state index in [9.17, 15) is 14.9 Å². The average Bonchev–Trinajstić information content (AvgIpc) is 2.78. The summed E-state index contributed by atoms with van der Waals surface area (Å²) in [6.45, 7) is 4.20. The van der Waals surface area contributed by atoms with Gasteiger partial charge in [0.05, 0.1) is 0 Å². The van der Waals surface area contributed by atoms with E-state index in [4.69, 9.17) is 5.11 Å². The smallest absolute Gasteiger partial charge is 0.342 e. The number of hydrogen-bond donors (Lipinski definition) is 2. The second kappa shape index (κ2) is 5.97. The summed E-state index contributed by atoms with van der Waals surface area (Å²) in [7, 11) is 0. The van der Waals surface area contributed by atoms with Gasteiger partial charge < -0.3 is 20.5 Å². The molecule has 110 valence electrons. The number of nitrogens with zero attached hydrogens (tertiary/aromatic N) is 4. The minimum absolute atomic E-state index is 0.0653. The van der Waals surface area contributed by atoms with E-state index in [-0.39, 0.29) is 5.82 Å². The zero-order valence-electron chi connectivity index (χ0n) is 11.2. The van der Waals surface area contributed by atoms with E-state index in [0.717, 1.165) is 6.54 Å². The van der Waals surface area contributed by atoms with Gasteiger partial charge >= 0.3 is 11.8 Å². The Morgan fingerprint density at radius 2 is 2.40 bits per heavy atom. The molecule has 0 aliphatic carbocycles. The van der Waals surface area contributed by atoms with Crippen LogP contribution >= 0.6 is 0 Å². The monoisotopic (exact) mass is 283 g/mol. The number of carboxylic acids is 1. The first-order chi connectivity index (χ1) is 9.50. The van der Waals surface area contributed by atoms with Crippen LogP contribution in [-0.2, 0) is 11.3 Å². The number of hydrogen-bond acceptors (Lipinski definition) is 6. The average molecular weight is 283 g/mol. The number of aryl methyl sites for hydroxylation is 1. The molecule has 0 aromatic carbocycles. The van der Waals surface area contributed by atoms with Crippen LogP contribution in [0.25, 0.3) is 0 Å². The van der Waals surface area contributed by atoms with E-state index in [1.807, 2.05) is 4.90 Å². The van der Waals surface area contributed by atoms with Crippen molar-refractivity contribution in [3.05, 3.63) is 22.1 Å². The molecular weight excluding hydrogens is 266 g/mol. The highest BCUT2D eigenvalue weighted by Crippen LogP contribution is 2.14. The molecule has 2 heterocycles. The minimum Gasteiger partial charge on any atom is -0.480 e. The van der Waals surface area contributed by atoms with Gasteiger partial charge in [0.1, 0.15) is 18.8 Å². The highest BCUT2D eigenvalue weighted by Gasteiger charge is 2.29. The molecular formula is C11H17N5O4. The van der Waals surface area contributed by atoms with Crippen LogP contribution in [0.5, 0.6) is 0 Å². The number of aliphatic carboxylic acids is 1. The summed E-state index contributed by atoms with van der Waals surface area (Å²) in [5.74, 6) is -0.391. The van der Waals surface area contributed by atoms with E-state index in [1.54, 1.807) is 6.92 Å². The van der Waals surface area contributed by atoms with Crippen molar-refractivity contribution < 1.29 is 14.8 Å². The molecule has 0 radical (unpaired) electrons. The fraction of sp³-hybridized carbons (Fsp3) is 0.636. The molecule has 1 aromatic rings. The third-order valence-electron chi connectivity index (χ3n) is 3.47. The highest BCUT2D eigenvalue weighted by molar-refractivity contribution is 5.73. The van der Waals surface area contributed by atoms with Crippen LogP contribution in [0.2, 0.25) is 0 Å². The van der Waals surface area contributed by atoms with Gasteiger partial charge in [0, 0.05) is 33.1 Å². The van der Waals surface area contributed by atoms with Gasteiger partial charge in [-0.3, -0.25) is 9.69 Å². The van der Waals surface area contributed by atoms with Crippen molar-refractivity contribution in [3.63, 3.8) is 0 Å². The topological polar surface area (TPSA) is 114 Å². The Morgan fingerprint density at radius 3 is 3.05 bits per heavy atom. The number of nitrogens with one attached hydrogen (secondary N) is 1. The van der Waals surface area contributed by atoms with Crippen molar-refractivity contribution in [1.29, 1.82) is 0 Å². The van der Waals surface area contributed by atoms with Crippen molar-refractivity contribution in [1.82, 2.24) is 19.8 Å². The maximum Gasteiger partial charge on any atom is 0.342 e. The second-order valence-corrected chi connectivity index (χ2v) is 4.67. The summed E-state index contributed by atoms with van der Waals surface area (Å²) in [5.41, 5.74) is 0. The predicted molar refractivity (Wildman–Crippen MR) is 69.5 cm³/mol. The molecule has 1 saturated heterocycles. The third-order valence-corrected chi connectivity index (χ3v) is 3.47. The summed E-state index contributed by atoms with van der Waals surface area (Å²) in [6.07, 6.45) is 1.22. The molecule has 1 aliphatic heterocycles. The van der Waals surface area contributed by atoms with Crippen LogP contribution in [0, 0.1) is 17.0 Å². The Kier molecular flexibility index (Phi) is 4.30. The van der Waals surface area contributed by atoms with Gasteiger partial charge in [0.2, 0.25) is 0 Å². The van der Waals surface area contributed by atoms with Gasteiger partial charge in [-0.1, -0.05) is 0 Å². The molecule has 1 atom stereocenters. The number of rotatable bonds is 5. The zero-order chi connectivity index (χ0) is 14.7. The van der Waals surface area contributed by atoms with Gasteiger partial charge in [-0.05, 0) is 4.92 Å². The molecule has 0 bridgehead atoms. The second-order valence-electron chi connectivity index (χ2n) is 4.67. The van der Waals surface area contributed by atoms with Crippen LogP contribution in [0.4, 0.5) is 5.82 Å². The molecule has 9 nitrogen and oxygen atoms in total. The fourth-order valence-electron chi connectivity index (χ4n) is 2.36. The quantitative estimate of drug-likeness (QED) is 0.551. The van der Waals surface area contributed by atoms with Crippen molar-refractivity contribution in [2.45, 2.75) is 19.5 Å². The van der Waals surface area contributed by atoms with Gasteiger partial charge in [-0.15, -0.1) is 0 Å². The number of aromatic nitrogens is 2. The Hall–Kier alpha value is -2.00. The lowest BCUT2D eigenvalue weighted by Crippen LogP contribution is -2.55. The molecule has 1 fully saturated rings. The molecule has 0 amide bonds. The number of carbonyl (C=O) groups is 1. The standard InChI is InChI=1S/C11H17N5O4/c1-8-13-7-10(16(19)20)15(8)5-4-14-3-2-12-6-9(14)11(17)18/h7,9,12H,2-6H2,1H3,(H,17,18). The van der Waals surface area contributed by atoms with Crippen LogP contribution in [0.1, 0.15) is 5.82 Å². The van der Waals surface area contributed by atoms with Crippen molar-refractivity contribution >= 4 is 11.8 Å². The molecule has 1 aromatic heterocycles. The Labute approximate surface area is 115 Å². The normalized spacial score (nSPS) is 19.9. The summed E-state index contributed by atoms with van der Waals surface area (Å²) in [6, 6.07) is -0.591. The van der Waals surface area contributed by atoms with E-state index in [0.29, 0.717) is 32.0 Å². The largest absolute Gasteiger partial charge is 0.480 e. The van der Waals surface area contributed by atoms with Crippen LogP contribution in [0.15, 0.2) is 6.20 Å². The molecule has 0 saturated carbocycles. The molecule has 2 N–H and O–H groups in total. The Bertz CT molecular complexity index is 515. The molecule has 20 heavy (non-hydrogen) atoms. The predicted octanol–water partition coefficient (Wildman–Crippen LogP) is -0.542. The first-order valence-corrected chi connectivity index (χ1v) is 6.35. The summed E-state index contributed by atoms with van der Waals surface area (Å²) >= 11 is 0. The van der Waals surface area contributed by atoms with Gasteiger partial charge in [0.25, 0.3) is 0 Å². The van der Waals surface area contributed by atoms with Crippen molar-refractivity contribution in [3.8, 4) is 0 Å². The first kappa shape index (κ1) is 14.4. The molecule has 2 rings (SSSR count). The maximum absolute atomic E-state index is 11.2. The summed E-state index contributed by atoms with van der Waals surface area (Å²) < 4.78 is 1.50. The van der Waals surface area contributed by atoms with E-state index in [2.05, 4.69) is 10.3 Å². The highest BCUT2D eigenvalue weighted by atomic mass is 16.6. The number of imidazole rings is 1. The lowest BCUT2D eigenvalue weighted by molar-refractivity contribution is -0.392. The number of piperazine rings is 1. The van der Waals surface area contributed by atoms with Gasteiger partial charge in [-0.2, -0.15) is 0 Å². The lowest BCUT2D eigenvalue weighted by Gasteiger charge is -2.32. The molecule has 1 aliphatic rings. The zero-order valence-corrected chi connectivity index (χ0v) is 11.2. The fourth-order valence-corrected chi connectivity index (χ4v) is 2.36. The van der Waals surface area contributed by atoms with Crippen LogP contribution in [0.3, 0.4) is 0 Å². The lowest BCUT2D eigenvalue weighted by atomic mass is 10.2. The Morgan fingerprint density at radius 1 is 1.65 bits per heavy atom. The van der Waals surface area contributed by atoms with E-state index in [1.165, 1.54) is 10.8 Å². The van der Waals surface area contributed by atoms with E-state index < -0.39 is 16.9 Å². The van der Waals surface area contributed by atoms with Gasteiger partial charge in [0.15, 0.2) is 5.82 Å².